The molecule has 0 saturated heterocycles. The van der Waals surface area contributed by atoms with Gasteiger partial charge in [-0.05, 0) is 42.6 Å². The van der Waals surface area contributed by atoms with Crippen LogP contribution in [0.5, 0.6) is 0 Å². The zero-order valence-corrected chi connectivity index (χ0v) is 17.1. The molecule has 3 heterocycles. The second-order valence-electron chi connectivity index (χ2n) is 6.52. The molecule has 5 nitrogen and oxygen atoms in total. The number of aromatic nitrogens is 3. The van der Waals surface area contributed by atoms with Crippen LogP contribution in [-0.2, 0) is 17.5 Å². The Bertz CT molecular complexity index is 1240. The van der Waals surface area contributed by atoms with E-state index >= 15 is 0 Å². The third-order valence-electron chi connectivity index (χ3n) is 4.46. The predicted molar refractivity (Wildman–Crippen MR) is 111 cm³/mol. The van der Waals surface area contributed by atoms with Gasteiger partial charge in [0.15, 0.2) is 5.65 Å². The fourth-order valence-electron chi connectivity index (χ4n) is 3.15. The van der Waals surface area contributed by atoms with Crippen LogP contribution in [0.25, 0.3) is 21.5 Å². The quantitative estimate of drug-likeness (QED) is 0.429. The Hall–Kier alpha value is -2.91. The van der Waals surface area contributed by atoms with E-state index in [4.69, 9.17) is 11.6 Å². The van der Waals surface area contributed by atoms with Gasteiger partial charge in [0.25, 0.3) is 0 Å². The highest BCUT2D eigenvalue weighted by atomic mass is 35.5. The number of aryl methyl sites for hydroxylation is 1. The summed E-state index contributed by atoms with van der Waals surface area (Å²) < 4.78 is 40.2. The third-order valence-corrected chi connectivity index (χ3v) is 5.69. The van der Waals surface area contributed by atoms with E-state index in [1.165, 1.54) is 4.68 Å². The SMILES string of the molecule is Cc1nn(CC(=O)Nc2cc(C(F)(F)F)ccc2Cl)c2nccc(-c3cccs3)c12. The Labute approximate surface area is 178 Å². The molecular formula is C20H14ClF3N4OS. The topological polar surface area (TPSA) is 59.8 Å². The third kappa shape index (κ3) is 3.90. The predicted octanol–water partition coefficient (Wildman–Crippen LogP) is 5.78. The van der Waals surface area contributed by atoms with Crippen LogP contribution in [0.1, 0.15) is 11.3 Å². The molecule has 0 aliphatic carbocycles. The monoisotopic (exact) mass is 450 g/mol. The fourth-order valence-corrected chi connectivity index (χ4v) is 4.07. The Morgan fingerprint density at radius 3 is 2.77 bits per heavy atom. The molecular weight excluding hydrogens is 437 g/mol. The standard InChI is InChI=1S/C20H14ClF3N4OS/c1-11-18-13(16-3-2-8-30-16)6-7-25-19(18)28(27-11)10-17(29)26-15-9-12(20(22,23)24)4-5-14(15)21/h2-9H,10H2,1H3,(H,26,29). The minimum atomic E-state index is -4.54. The van der Waals surface area contributed by atoms with E-state index in [-0.39, 0.29) is 17.3 Å². The van der Waals surface area contributed by atoms with Gasteiger partial charge < -0.3 is 5.32 Å². The number of hydrogen-bond donors (Lipinski definition) is 1. The largest absolute Gasteiger partial charge is 0.416 e. The van der Waals surface area contributed by atoms with Crippen LogP contribution in [0.2, 0.25) is 5.02 Å². The van der Waals surface area contributed by atoms with Crippen molar-refractivity contribution >= 4 is 45.6 Å². The lowest BCUT2D eigenvalue weighted by Crippen LogP contribution is -2.20. The van der Waals surface area contributed by atoms with Crippen molar-refractivity contribution in [2.45, 2.75) is 19.6 Å². The normalized spacial score (nSPS) is 11.8. The molecule has 1 N–H and O–H groups in total. The molecule has 0 fully saturated rings. The average molecular weight is 451 g/mol. The number of halogens is 4. The van der Waals surface area contributed by atoms with Gasteiger partial charge >= 0.3 is 6.18 Å². The molecule has 0 bridgehead atoms. The summed E-state index contributed by atoms with van der Waals surface area (Å²) >= 11 is 7.53. The van der Waals surface area contributed by atoms with Crippen molar-refractivity contribution in [3.05, 3.63) is 64.3 Å². The second kappa shape index (κ2) is 7.73. The molecule has 0 saturated carbocycles. The summed E-state index contributed by atoms with van der Waals surface area (Å²) in [7, 11) is 0. The number of fused-ring (bicyclic) bond motifs is 1. The molecule has 154 valence electrons. The van der Waals surface area contributed by atoms with Gasteiger partial charge in [0, 0.05) is 16.6 Å². The molecule has 10 heteroatoms. The number of anilines is 1. The number of nitrogens with one attached hydrogen (secondary N) is 1. The van der Waals surface area contributed by atoms with Gasteiger partial charge in [-0.15, -0.1) is 11.3 Å². The molecule has 4 aromatic rings. The van der Waals surface area contributed by atoms with Crippen LogP contribution in [0.3, 0.4) is 0 Å². The maximum Gasteiger partial charge on any atom is 0.416 e. The molecule has 3 aromatic heterocycles. The lowest BCUT2D eigenvalue weighted by molar-refractivity contribution is -0.137. The molecule has 4 rings (SSSR count). The van der Waals surface area contributed by atoms with Crippen LogP contribution < -0.4 is 5.32 Å². The van der Waals surface area contributed by atoms with E-state index in [0.717, 1.165) is 34.0 Å². The van der Waals surface area contributed by atoms with Gasteiger partial charge in [0.05, 0.1) is 27.4 Å². The number of carbonyl (C=O) groups excluding carboxylic acids is 1. The summed E-state index contributed by atoms with van der Waals surface area (Å²) in [5.74, 6) is -0.566. The number of alkyl halides is 3. The Balaban J connectivity index is 1.63. The van der Waals surface area contributed by atoms with Gasteiger partial charge in [-0.3, -0.25) is 4.79 Å². The van der Waals surface area contributed by atoms with Crippen LogP contribution in [-0.4, -0.2) is 20.7 Å². The van der Waals surface area contributed by atoms with Crippen molar-refractivity contribution in [1.82, 2.24) is 14.8 Å². The molecule has 0 aliphatic rings. The molecule has 0 aliphatic heterocycles. The van der Waals surface area contributed by atoms with Crippen LogP contribution in [0.15, 0.2) is 48.0 Å². The zero-order chi connectivity index (χ0) is 21.5. The first-order valence-corrected chi connectivity index (χ1v) is 10.0. The van der Waals surface area contributed by atoms with Crippen molar-refractivity contribution < 1.29 is 18.0 Å². The molecule has 1 amide bonds. The number of amides is 1. The summed E-state index contributed by atoms with van der Waals surface area (Å²) in [5.41, 5.74) is 1.16. The highest BCUT2D eigenvalue weighted by Gasteiger charge is 2.31. The number of thiophene rings is 1. The smallest absolute Gasteiger partial charge is 0.323 e. The summed E-state index contributed by atoms with van der Waals surface area (Å²) in [6, 6.07) is 8.58. The number of rotatable bonds is 4. The summed E-state index contributed by atoms with van der Waals surface area (Å²) in [5, 5.41) is 9.64. The average Bonchev–Trinajstić information content (AvgIpc) is 3.32. The lowest BCUT2D eigenvalue weighted by Gasteiger charge is -2.12. The summed E-state index contributed by atoms with van der Waals surface area (Å²) in [6.07, 6.45) is -2.90. The zero-order valence-electron chi connectivity index (χ0n) is 15.5. The molecule has 0 radical (unpaired) electrons. The van der Waals surface area contributed by atoms with Gasteiger partial charge in [0.1, 0.15) is 6.54 Å². The first-order chi connectivity index (χ1) is 14.2. The number of hydrogen-bond acceptors (Lipinski definition) is 4. The van der Waals surface area contributed by atoms with E-state index in [1.807, 2.05) is 30.5 Å². The Morgan fingerprint density at radius 1 is 1.27 bits per heavy atom. The molecule has 0 atom stereocenters. The maximum absolute atomic E-state index is 12.9. The Morgan fingerprint density at radius 2 is 2.07 bits per heavy atom. The summed E-state index contributed by atoms with van der Waals surface area (Å²) in [6.45, 7) is 1.59. The maximum atomic E-state index is 12.9. The first kappa shape index (κ1) is 20.4. The van der Waals surface area contributed by atoms with E-state index in [0.29, 0.717) is 11.3 Å². The van der Waals surface area contributed by atoms with E-state index in [9.17, 15) is 18.0 Å². The van der Waals surface area contributed by atoms with Gasteiger partial charge in [-0.1, -0.05) is 17.7 Å². The van der Waals surface area contributed by atoms with E-state index < -0.39 is 17.6 Å². The van der Waals surface area contributed by atoms with Gasteiger partial charge in [0.2, 0.25) is 5.91 Å². The molecule has 0 spiro atoms. The first-order valence-electron chi connectivity index (χ1n) is 8.76. The second-order valence-corrected chi connectivity index (χ2v) is 7.87. The van der Waals surface area contributed by atoms with Gasteiger partial charge in [-0.2, -0.15) is 18.3 Å². The number of nitrogens with zero attached hydrogens (tertiary/aromatic N) is 3. The molecule has 30 heavy (non-hydrogen) atoms. The van der Waals surface area contributed by atoms with Crippen molar-refractivity contribution in [3.63, 3.8) is 0 Å². The molecule has 1 aromatic carbocycles. The van der Waals surface area contributed by atoms with Crippen LogP contribution in [0.4, 0.5) is 18.9 Å². The molecule has 0 unspecified atom stereocenters. The highest BCUT2D eigenvalue weighted by Crippen LogP contribution is 2.34. The van der Waals surface area contributed by atoms with Crippen molar-refractivity contribution in [2.75, 3.05) is 5.32 Å². The highest BCUT2D eigenvalue weighted by molar-refractivity contribution is 7.13. The van der Waals surface area contributed by atoms with Crippen LogP contribution in [0, 0.1) is 6.92 Å². The van der Waals surface area contributed by atoms with E-state index in [1.54, 1.807) is 17.5 Å². The van der Waals surface area contributed by atoms with Crippen molar-refractivity contribution in [3.8, 4) is 10.4 Å². The van der Waals surface area contributed by atoms with E-state index in [2.05, 4.69) is 15.4 Å². The van der Waals surface area contributed by atoms with Gasteiger partial charge in [-0.25, -0.2) is 9.67 Å². The fraction of sp³-hybridized carbons (Fsp3) is 0.150. The minimum Gasteiger partial charge on any atom is -0.323 e. The summed E-state index contributed by atoms with van der Waals surface area (Å²) in [4.78, 5) is 17.9. The Kier molecular flexibility index (Phi) is 5.25. The van der Waals surface area contributed by atoms with Crippen LogP contribution >= 0.6 is 22.9 Å². The number of pyridine rings is 1. The van der Waals surface area contributed by atoms with Crippen molar-refractivity contribution in [2.24, 2.45) is 0 Å². The number of carbonyl (C=O) groups is 1. The minimum absolute atomic E-state index is 0.0101. The lowest BCUT2D eigenvalue weighted by atomic mass is 10.1. The van der Waals surface area contributed by atoms with Crippen molar-refractivity contribution in [1.29, 1.82) is 0 Å². The number of benzene rings is 1.